The highest BCUT2D eigenvalue weighted by molar-refractivity contribution is 6.09. The van der Waals surface area contributed by atoms with E-state index in [1.165, 1.54) is 6.07 Å². The molecule has 0 aromatic heterocycles. The molecule has 0 atom stereocenters. The third kappa shape index (κ3) is 2.57. The minimum Gasteiger partial charge on any atom is -0.496 e. The third-order valence-electron chi connectivity index (χ3n) is 3.36. The van der Waals surface area contributed by atoms with Crippen molar-refractivity contribution in [2.45, 2.75) is 20.8 Å². The van der Waals surface area contributed by atoms with E-state index in [9.17, 15) is 9.18 Å². The zero-order valence-electron chi connectivity index (χ0n) is 12.1. The molecule has 0 heterocycles. The zero-order chi connectivity index (χ0) is 14.9. The number of rotatable bonds is 3. The van der Waals surface area contributed by atoms with E-state index in [1.807, 2.05) is 13.8 Å². The van der Waals surface area contributed by atoms with Crippen LogP contribution in [0.25, 0.3) is 0 Å². The maximum absolute atomic E-state index is 13.6. The molecule has 0 aliphatic heterocycles. The normalized spacial score (nSPS) is 10.4. The van der Waals surface area contributed by atoms with Gasteiger partial charge in [-0.15, -0.1) is 0 Å². The number of ketones is 1. The highest BCUT2D eigenvalue weighted by Crippen LogP contribution is 2.25. The first kappa shape index (κ1) is 14.3. The first-order valence-electron chi connectivity index (χ1n) is 6.40. The van der Waals surface area contributed by atoms with E-state index in [4.69, 9.17) is 4.74 Å². The van der Waals surface area contributed by atoms with Crippen LogP contribution in [0.15, 0.2) is 30.3 Å². The molecular formula is C17H17FO2. The van der Waals surface area contributed by atoms with Crippen molar-refractivity contribution < 1.29 is 13.9 Å². The third-order valence-corrected chi connectivity index (χ3v) is 3.36. The second-order valence-corrected chi connectivity index (χ2v) is 4.94. The van der Waals surface area contributed by atoms with Crippen molar-refractivity contribution in [2.75, 3.05) is 7.11 Å². The van der Waals surface area contributed by atoms with Crippen molar-refractivity contribution in [2.24, 2.45) is 0 Å². The SMILES string of the molecule is COc1c(C)cc(C(=O)c2ccc(C)c(F)c2)cc1C. The molecule has 0 aliphatic rings. The molecule has 20 heavy (non-hydrogen) atoms. The van der Waals surface area contributed by atoms with Crippen LogP contribution < -0.4 is 4.74 Å². The largest absolute Gasteiger partial charge is 0.496 e. The minimum absolute atomic E-state index is 0.183. The topological polar surface area (TPSA) is 26.3 Å². The number of ether oxygens (including phenoxy) is 1. The van der Waals surface area contributed by atoms with Crippen LogP contribution in [-0.4, -0.2) is 12.9 Å². The summed E-state index contributed by atoms with van der Waals surface area (Å²) in [5.41, 5.74) is 3.22. The van der Waals surface area contributed by atoms with E-state index in [1.54, 1.807) is 38.3 Å². The molecule has 104 valence electrons. The van der Waals surface area contributed by atoms with Crippen LogP contribution in [0.4, 0.5) is 4.39 Å². The Labute approximate surface area is 118 Å². The van der Waals surface area contributed by atoms with Gasteiger partial charge in [0.2, 0.25) is 0 Å². The standard InChI is InChI=1S/C17H17FO2/c1-10-5-6-13(9-15(10)18)16(19)14-7-11(2)17(20-4)12(3)8-14/h5-9H,1-4H3. The summed E-state index contributed by atoms with van der Waals surface area (Å²) in [5, 5.41) is 0. The van der Waals surface area contributed by atoms with Gasteiger partial charge in [0.15, 0.2) is 5.78 Å². The molecular weight excluding hydrogens is 255 g/mol. The van der Waals surface area contributed by atoms with Crippen molar-refractivity contribution in [3.63, 3.8) is 0 Å². The van der Waals surface area contributed by atoms with Gasteiger partial charge in [0, 0.05) is 11.1 Å². The summed E-state index contributed by atoms with van der Waals surface area (Å²) < 4.78 is 18.8. The Kier molecular flexibility index (Phi) is 3.89. The average molecular weight is 272 g/mol. The maximum atomic E-state index is 13.6. The van der Waals surface area contributed by atoms with Gasteiger partial charge in [-0.2, -0.15) is 0 Å². The predicted octanol–water partition coefficient (Wildman–Crippen LogP) is 3.99. The van der Waals surface area contributed by atoms with Gasteiger partial charge in [-0.25, -0.2) is 4.39 Å². The molecule has 0 unspecified atom stereocenters. The number of carbonyl (C=O) groups excluding carboxylic acids is 1. The fourth-order valence-electron chi connectivity index (χ4n) is 2.30. The molecule has 0 fully saturated rings. The second-order valence-electron chi connectivity index (χ2n) is 4.94. The van der Waals surface area contributed by atoms with Crippen LogP contribution in [0.5, 0.6) is 5.75 Å². The molecule has 0 saturated carbocycles. The van der Waals surface area contributed by atoms with Crippen LogP contribution in [0.1, 0.15) is 32.6 Å². The maximum Gasteiger partial charge on any atom is 0.193 e. The van der Waals surface area contributed by atoms with Gasteiger partial charge in [-0.05, 0) is 55.7 Å². The molecule has 0 amide bonds. The van der Waals surface area contributed by atoms with Crippen LogP contribution in [0.3, 0.4) is 0 Å². The molecule has 0 aliphatic carbocycles. The summed E-state index contributed by atoms with van der Waals surface area (Å²) in [5.74, 6) is 0.229. The van der Waals surface area contributed by atoms with Gasteiger partial charge in [0.1, 0.15) is 11.6 Å². The van der Waals surface area contributed by atoms with E-state index in [0.29, 0.717) is 16.7 Å². The lowest BCUT2D eigenvalue weighted by Crippen LogP contribution is -2.04. The first-order chi connectivity index (χ1) is 9.43. The smallest absolute Gasteiger partial charge is 0.193 e. The summed E-state index contributed by atoms with van der Waals surface area (Å²) in [4.78, 5) is 12.4. The van der Waals surface area contributed by atoms with E-state index >= 15 is 0 Å². The minimum atomic E-state index is -0.363. The molecule has 2 aromatic rings. The van der Waals surface area contributed by atoms with Gasteiger partial charge in [0.05, 0.1) is 7.11 Å². The van der Waals surface area contributed by atoms with Crippen molar-refractivity contribution in [1.82, 2.24) is 0 Å². The molecule has 2 nitrogen and oxygen atoms in total. The van der Waals surface area contributed by atoms with E-state index < -0.39 is 0 Å². The molecule has 0 radical (unpaired) electrons. The second kappa shape index (κ2) is 5.45. The molecule has 0 spiro atoms. The predicted molar refractivity (Wildman–Crippen MR) is 77.0 cm³/mol. The lowest BCUT2D eigenvalue weighted by molar-refractivity contribution is 0.103. The Morgan fingerprint density at radius 1 is 0.950 bits per heavy atom. The van der Waals surface area contributed by atoms with Gasteiger partial charge in [-0.3, -0.25) is 4.79 Å². The van der Waals surface area contributed by atoms with Crippen LogP contribution in [0.2, 0.25) is 0 Å². The fraction of sp³-hybridized carbons (Fsp3) is 0.235. The van der Waals surface area contributed by atoms with E-state index in [2.05, 4.69) is 0 Å². The van der Waals surface area contributed by atoms with Gasteiger partial charge < -0.3 is 4.74 Å². The summed E-state index contributed by atoms with van der Waals surface area (Å²) >= 11 is 0. The number of hydrogen-bond acceptors (Lipinski definition) is 2. The Balaban J connectivity index is 2.45. The molecule has 0 N–H and O–H groups in total. The van der Waals surface area contributed by atoms with Crippen LogP contribution >= 0.6 is 0 Å². The number of carbonyl (C=O) groups is 1. The monoisotopic (exact) mass is 272 g/mol. The van der Waals surface area contributed by atoms with Crippen molar-refractivity contribution in [1.29, 1.82) is 0 Å². The number of benzene rings is 2. The number of aryl methyl sites for hydroxylation is 3. The molecule has 2 rings (SSSR count). The molecule has 0 bridgehead atoms. The van der Waals surface area contributed by atoms with Gasteiger partial charge >= 0.3 is 0 Å². The van der Waals surface area contributed by atoms with Gasteiger partial charge in [0.25, 0.3) is 0 Å². The quantitative estimate of drug-likeness (QED) is 0.790. The van der Waals surface area contributed by atoms with E-state index in [-0.39, 0.29) is 11.6 Å². The molecule has 2 aromatic carbocycles. The summed E-state index contributed by atoms with van der Waals surface area (Å²) in [6.07, 6.45) is 0. The highest BCUT2D eigenvalue weighted by atomic mass is 19.1. The highest BCUT2D eigenvalue weighted by Gasteiger charge is 2.14. The number of halogens is 1. The summed E-state index contributed by atoms with van der Waals surface area (Å²) in [6, 6.07) is 8.09. The molecule has 0 saturated heterocycles. The lowest BCUT2D eigenvalue weighted by atomic mass is 9.98. The Hall–Kier alpha value is -2.16. The first-order valence-corrected chi connectivity index (χ1v) is 6.40. The zero-order valence-corrected chi connectivity index (χ0v) is 12.1. The van der Waals surface area contributed by atoms with Crippen LogP contribution in [-0.2, 0) is 0 Å². The van der Waals surface area contributed by atoms with E-state index in [0.717, 1.165) is 16.9 Å². The Morgan fingerprint density at radius 2 is 1.55 bits per heavy atom. The number of hydrogen-bond donors (Lipinski definition) is 0. The van der Waals surface area contributed by atoms with Crippen molar-refractivity contribution >= 4 is 5.78 Å². The Morgan fingerprint density at radius 3 is 2.05 bits per heavy atom. The number of methoxy groups -OCH3 is 1. The van der Waals surface area contributed by atoms with Crippen molar-refractivity contribution in [3.05, 3.63) is 64.0 Å². The molecule has 3 heteroatoms. The summed E-state index contributed by atoms with van der Waals surface area (Å²) in [7, 11) is 1.60. The van der Waals surface area contributed by atoms with Gasteiger partial charge in [-0.1, -0.05) is 12.1 Å². The Bertz CT molecular complexity index is 652. The van der Waals surface area contributed by atoms with Crippen LogP contribution in [0, 0.1) is 26.6 Å². The van der Waals surface area contributed by atoms with Crippen molar-refractivity contribution in [3.8, 4) is 5.75 Å². The summed E-state index contributed by atoms with van der Waals surface area (Å²) in [6.45, 7) is 5.45. The lowest BCUT2D eigenvalue weighted by Gasteiger charge is -2.11. The fourth-order valence-corrected chi connectivity index (χ4v) is 2.30. The average Bonchev–Trinajstić information content (AvgIpc) is 2.40.